The minimum Gasteiger partial charge on any atom is -0.488 e. The minimum absolute atomic E-state index is 0.00554. The maximum absolute atomic E-state index is 14.2. The zero-order valence-corrected chi connectivity index (χ0v) is 28.3. The van der Waals surface area contributed by atoms with Crippen LogP contribution in [0.25, 0.3) is 5.57 Å². The molecule has 0 bridgehead atoms. The highest BCUT2D eigenvalue weighted by molar-refractivity contribution is 6.09. The summed E-state index contributed by atoms with van der Waals surface area (Å²) in [5.41, 5.74) is 11.7. The molecule has 0 saturated carbocycles. The predicted molar refractivity (Wildman–Crippen MR) is 194 cm³/mol. The number of rotatable bonds is 9. The number of aliphatic hydroxyl groups excluding tert-OH is 1. The number of ether oxygens (including phenoxy) is 1. The first-order chi connectivity index (χ1) is 23.4. The van der Waals surface area contributed by atoms with Gasteiger partial charge in [0, 0.05) is 33.4 Å². The Balaban J connectivity index is 1.64. The van der Waals surface area contributed by atoms with Gasteiger partial charge >= 0.3 is 6.18 Å². The van der Waals surface area contributed by atoms with Gasteiger partial charge in [-0.25, -0.2) is 4.99 Å². The van der Waals surface area contributed by atoms with E-state index in [4.69, 9.17) is 4.74 Å². The first kappa shape index (κ1) is 36.1. The molecule has 0 aliphatic heterocycles. The largest absolute Gasteiger partial charge is 0.488 e. The first-order valence-corrected chi connectivity index (χ1v) is 15.8. The highest BCUT2D eigenvalue weighted by Crippen LogP contribution is 2.41. The zero-order valence-electron chi connectivity index (χ0n) is 28.3. The molecular formula is C43H38F3NO2. The molecule has 6 heteroatoms. The molecule has 0 saturated heterocycles. The lowest BCUT2D eigenvalue weighted by molar-refractivity contribution is -0.137. The van der Waals surface area contributed by atoms with Gasteiger partial charge in [-0.3, -0.25) is 0 Å². The third-order valence-electron chi connectivity index (χ3n) is 7.80. The number of alkyl halides is 3. The molecule has 1 aliphatic rings. The van der Waals surface area contributed by atoms with Crippen LogP contribution in [0.2, 0.25) is 0 Å². The van der Waals surface area contributed by atoms with E-state index < -0.39 is 17.6 Å². The van der Waals surface area contributed by atoms with Crippen LogP contribution in [0.1, 0.15) is 68.0 Å². The number of aliphatic hydroxyl groups is 1. The van der Waals surface area contributed by atoms with E-state index in [2.05, 4.69) is 53.9 Å². The molecule has 3 aromatic carbocycles. The van der Waals surface area contributed by atoms with E-state index in [1.165, 1.54) is 24.6 Å². The van der Waals surface area contributed by atoms with Crippen LogP contribution in [-0.4, -0.2) is 17.4 Å². The molecular weight excluding hydrogens is 619 g/mol. The second kappa shape index (κ2) is 16.4. The quantitative estimate of drug-likeness (QED) is 0.0818. The number of aliphatic imine (C=N–C) groups is 1. The van der Waals surface area contributed by atoms with E-state index in [1.54, 1.807) is 12.2 Å². The van der Waals surface area contributed by atoms with Crippen LogP contribution in [0.15, 0.2) is 148 Å². The van der Waals surface area contributed by atoms with E-state index in [1.807, 2.05) is 75.4 Å². The van der Waals surface area contributed by atoms with Crippen LogP contribution in [0, 0.1) is 11.8 Å². The normalized spacial score (nSPS) is 13.0. The number of nitrogens with zero attached hydrogens (tertiary/aromatic N) is 1. The summed E-state index contributed by atoms with van der Waals surface area (Å²) in [4.78, 5) is 4.32. The monoisotopic (exact) mass is 657 g/mol. The van der Waals surface area contributed by atoms with Crippen molar-refractivity contribution in [2.24, 2.45) is 4.99 Å². The summed E-state index contributed by atoms with van der Waals surface area (Å²) < 4.78 is 48.6. The summed E-state index contributed by atoms with van der Waals surface area (Å²) in [5, 5.41) is 10.8. The maximum atomic E-state index is 14.2. The Morgan fingerprint density at radius 2 is 1.65 bits per heavy atom. The Labute approximate surface area is 286 Å². The van der Waals surface area contributed by atoms with Crippen molar-refractivity contribution in [2.45, 2.75) is 47.2 Å². The molecule has 1 N–H and O–H groups in total. The van der Waals surface area contributed by atoms with Gasteiger partial charge in [-0.15, -0.1) is 5.73 Å². The predicted octanol–water partition coefficient (Wildman–Crippen LogP) is 11.1. The Morgan fingerprint density at radius 3 is 2.27 bits per heavy atom. The summed E-state index contributed by atoms with van der Waals surface area (Å²) in [6, 6.07) is 19.2. The molecule has 0 aromatic heterocycles. The van der Waals surface area contributed by atoms with Crippen LogP contribution in [0.5, 0.6) is 5.75 Å². The number of benzene rings is 3. The highest BCUT2D eigenvalue weighted by atomic mass is 19.4. The number of hydrogen-bond donors (Lipinski definition) is 1. The lowest BCUT2D eigenvalue weighted by Crippen LogP contribution is -2.11. The molecule has 3 aromatic rings. The SMILES string of the molecule is C=C(C(C)=C=C(O)N=C(/C=C/C)c1ccc(C#Cc2ccc(CC)cc2)cc1)c1c(OCC2=C=C(C)C(C)=CC=C2)cccc1C(F)(F)F. The lowest BCUT2D eigenvalue weighted by atomic mass is 9.94. The molecule has 0 fully saturated rings. The second-order valence-electron chi connectivity index (χ2n) is 11.4. The van der Waals surface area contributed by atoms with Gasteiger partial charge in [0.15, 0.2) is 0 Å². The fraction of sp³-hybridized carbons (Fsp3) is 0.186. The van der Waals surface area contributed by atoms with E-state index >= 15 is 0 Å². The molecule has 0 heterocycles. The van der Waals surface area contributed by atoms with Gasteiger partial charge in [-0.1, -0.05) is 79.6 Å². The third-order valence-corrected chi connectivity index (χ3v) is 7.80. The van der Waals surface area contributed by atoms with Crippen molar-refractivity contribution in [3.05, 3.63) is 177 Å². The average molecular weight is 658 g/mol. The van der Waals surface area contributed by atoms with Gasteiger partial charge in [0.05, 0.1) is 11.3 Å². The molecule has 0 spiro atoms. The molecule has 0 amide bonds. The Hall–Kier alpha value is -5.72. The minimum atomic E-state index is -4.68. The summed E-state index contributed by atoms with van der Waals surface area (Å²) >= 11 is 0. The number of hydrogen-bond acceptors (Lipinski definition) is 3. The first-order valence-electron chi connectivity index (χ1n) is 15.8. The Bertz CT molecular complexity index is 2040. The van der Waals surface area contributed by atoms with Crippen LogP contribution >= 0.6 is 0 Å². The fourth-order valence-electron chi connectivity index (χ4n) is 4.87. The van der Waals surface area contributed by atoms with Crippen molar-refractivity contribution in [2.75, 3.05) is 6.61 Å². The maximum Gasteiger partial charge on any atom is 0.417 e. The van der Waals surface area contributed by atoms with Crippen molar-refractivity contribution in [3.8, 4) is 17.6 Å². The molecule has 0 unspecified atom stereocenters. The second-order valence-corrected chi connectivity index (χ2v) is 11.4. The zero-order chi connectivity index (χ0) is 35.6. The smallest absolute Gasteiger partial charge is 0.417 e. The van der Waals surface area contributed by atoms with Gasteiger partial charge in [0.25, 0.3) is 5.88 Å². The Morgan fingerprint density at radius 1 is 1.00 bits per heavy atom. The van der Waals surface area contributed by atoms with Gasteiger partial charge in [0.1, 0.15) is 12.4 Å². The van der Waals surface area contributed by atoms with Crippen molar-refractivity contribution in [1.82, 2.24) is 0 Å². The van der Waals surface area contributed by atoms with Crippen LogP contribution in [0.3, 0.4) is 0 Å². The lowest BCUT2D eigenvalue weighted by Gasteiger charge is -2.19. The summed E-state index contributed by atoms with van der Waals surface area (Å²) in [5.74, 6) is 5.79. The standard InChI is InChI=1S/C43H38F3NO2/c1-7-11-39(37-24-22-35(23-25-37)21-20-34-18-16-33(8-2)17-19-34)47-41(48)27-31(5)32(6)42-38(43(44,45)46)14-10-15-40(42)49-28-36-13-9-12-29(3)30(4)26-36/h7,9-19,22-25,48H,6,8,28H2,1-5H3/b11-7+,47-39?. The molecule has 3 nitrogen and oxygen atoms in total. The van der Waals surface area contributed by atoms with E-state index in [0.717, 1.165) is 34.8 Å². The topological polar surface area (TPSA) is 41.8 Å². The van der Waals surface area contributed by atoms with Crippen molar-refractivity contribution in [1.29, 1.82) is 0 Å². The van der Waals surface area contributed by atoms with Crippen molar-refractivity contribution >= 4 is 11.3 Å². The van der Waals surface area contributed by atoms with Crippen LogP contribution < -0.4 is 4.74 Å². The van der Waals surface area contributed by atoms with Crippen LogP contribution in [-0.2, 0) is 12.6 Å². The summed E-state index contributed by atoms with van der Waals surface area (Å²) in [7, 11) is 0. The van der Waals surface area contributed by atoms with Crippen molar-refractivity contribution in [3.63, 3.8) is 0 Å². The summed E-state index contributed by atoms with van der Waals surface area (Å²) in [6.45, 7) is 13.2. The third kappa shape index (κ3) is 9.89. The van der Waals surface area contributed by atoms with E-state index in [9.17, 15) is 18.3 Å². The number of aryl methyl sites for hydroxylation is 1. The fourth-order valence-corrected chi connectivity index (χ4v) is 4.87. The van der Waals surface area contributed by atoms with Gasteiger partial charge < -0.3 is 9.84 Å². The molecule has 1 aliphatic carbocycles. The van der Waals surface area contributed by atoms with Crippen LogP contribution in [0.4, 0.5) is 13.2 Å². The van der Waals surface area contributed by atoms with Crippen molar-refractivity contribution < 1.29 is 23.0 Å². The Kier molecular flexibility index (Phi) is 12.1. The molecule has 0 atom stereocenters. The van der Waals surface area contributed by atoms with E-state index in [-0.39, 0.29) is 29.1 Å². The number of allylic oxidation sites excluding steroid dienone is 7. The number of halogens is 3. The molecule has 49 heavy (non-hydrogen) atoms. The molecule has 0 radical (unpaired) electrons. The molecule has 248 valence electrons. The average Bonchev–Trinajstić information content (AvgIpc) is 3.24. The van der Waals surface area contributed by atoms with Gasteiger partial charge in [-0.05, 0) is 105 Å². The molecule has 4 rings (SSSR count). The van der Waals surface area contributed by atoms with Gasteiger partial charge in [0.2, 0.25) is 0 Å². The van der Waals surface area contributed by atoms with Gasteiger partial charge in [-0.2, -0.15) is 13.2 Å². The summed E-state index contributed by atoms with van der Waals surface area (Å²) in [6.07, 6.45) is 5.36. The van der Waals surface area contributed by atoms with E-state index in [0.29, 0.717) is 16.8 Å². The highest BCUT2D eigenvalue weighted by Gasteiger charge is 2.35.